The lowest BCUT2D eigenvalue weighted by Gasteiger charge is -2.36. The third-order valence-electron chi connectivity index (χ3n) is 6.05. The van der Waals surface area contributed by atoms with E-state index in [9.17, 15) is 9.59 Å². The molecular weight excluding hydrogens is 390 g/mol. The first-order valence-corrected chi connectivity index (χ1v) is 11.1. The van der Waals surface area contributed by atoms with Gasteiger partial charge in [-0.05, 0) is 43.0 Å². The van der Waals surface area contributed by atoms with Crippen molar-refractivity contribution in [1.82, 2.24) is 9.80 Å². The van der Waals surface area contributed by atoms with Crippen molar-refractivity contribution in [2.75, 3.05) is 44.2 Å². The zero-order valence-corrected chi connectivity index (χ0v) is 18.2. The Morgan fingerprint density at radius 3 is 2.48 bits per heavy atom. The topological polar surface area (TPSA) is 53.1 Å². The summed E-state index contributed by atoms with van der Waals surface area (Å²) in [5.74, 6) is 0.183. The van der Waals surface area contributed by atoms with Gasteiger partial charge in [0.05, 0.1) is 13.1 Å². The van der Waals surface area contributed by atoms with Crippen molar-refractivity contribution in [3.8, 4) is 0 Å². The van der Waals surface area contributed by atoms with E-state index in [4.69, 9.17) is 4.74 Å². The molecule has 0 bridgehead atoms. The molecule has 2 saturated heterocycles. The molecule has 0 N–H and O–H groups in total. The van der Waals surface area contributed by atoms with Gasteiger partial charge < -0.3 is 14.5 Å². The highest BCUT2D eigenvalue weighted by molar-refractivity contribution is 5.94. The summed E-state index contributed by atoms with van der Waals surface area (Å²) in [4.78, 5) is 31.8. The number of hydrogen-bond acceptors (Lipinski definition) is 4. The fraction of sp³-hybridized carbons (Fsp3) is 0.440. The van der Waals surface area contributed by atoms with Crippen molar-refractivity contribution < 1.29 is 14.3 Å². The van der Waals surface area contributed by atoms with Crippen LogP contribution in [0.5, 0.6) is 0 Å². The molecule has 1 atom stereocenters. The summed E-state index contributed by atoms with van der Waals surface area (Å²) in [5.41, 5.74) is 3.15. The molecule has 31 heavy (non-hydrogen) atoms. The van der Waals surface area contributed by atoms with E-state index in [1.54, 1.807) is 0 Å². The Balaban J connectivity index is 1.39. The third kappa shape index (κ3) is 5.51. The fourth-order valence-corrected chi connectivity index (χ4v) is 4.26. The molecule has 164 valence electrons. The number of benzene rings is 2. The molecule has 2 fully saturated rings. The van der Waals surface area contributed by atoms with Crippen LogP contribution in [0.3, 0.4) is 0 Å². The predicted octanol–water partition coefficient (Wildman–Crippen LogP) is 2.85. The van der Waals surface area contributed by atoms with Crippen LogP contribution in [0.25, 0.3) is 0 Å². The maximum absolute atomic E-state index is 13.3. The van der Waals surface area contributed by atoms with E-state index in [1.165, 1.54) is 0 Å². The van der Waals surface area contributed by atoms with E-state index >= 15 is 0 Å². The summed E-state index contributed by atoms with van der Waals surface area (Å²) < 4.78 is 5.54. The van der Waals surface area contributed by atoms with Gasteiger partial charge in [0.15, 0.2) is 0 Å². The molecular formula is C25H31N3O3. The average Bonchev–Trinajstić information content (AvgIpc) is 3.33. The van der Waals surface area contributed by atoms with Crippen molar-refractivity contribution in [1.29, 1.82) is 0 Å². The first-order valence-electron chi connectivity index (χ1n) is 11.1. The molecule has 0 spiro atoms. The van der Waals surface area contributed by atoms with Crippen LogP contribution in [0.15, 0.2) is 54.6 Å². The molecule has 2 amide bonds. The van der Waals surface area contributed by atoms with Crippen LogP contribution in [-0.4, -0.2) is 67.0 Å². The summed E-state index contributed by atoms with van der Waals surface area (Å²) >= 11 is 0. The molecule has 2 heterocycles. The number of aryl methyl sites for hydroxylation is 1. The first-order chi connectivity index (χ1) is 15.1. The van der Waals surface area contributed by atoms with E-state index in [-0.39, 0.29) is 17.9 Å². The number of carbonyl (C=O) groups excluding carboxylic acids is 2. The van der Waals surface area contributed by atoms with Gasteiger partial charge in [-0.15, -0.1) is 0 Å². The van der Waals surface area contributed by atoms with E-state index in [0.717, 1.165) is 29.7 Å². The van der Waals surface area contributed by atoms with E-state index in [1.807, 2.05) is 65.3 Å². The Bertz CT molecular complexity index is 888. The molecule has 2 aromatic carbocycles. The van der Waals surface area contributed by atoms with Crippen molar-refractivity contribution in [2.24, 2.45) is 0 Å². The zero-order valence-electron chi connectivity index (χ0n) is 18.2. The van der Waals surface area contributed by atoms with Crippen molar-refractivity contribution in [3.63, 3.8) is 0 Å². The lowest BCUT2D eigenvalue weighted by Crippen LogP contribution is -2.53. The second kappa shape index (κ2) is 10.1. The van der Waals surface area contributed by atoms with E-state index in [0.29, 0.717) is 45.9 Å². The maximum atomic E-state index is 13.3. The molecule has 0 saturated carbocycles. The minimum atomic E-state index is -0.268. The van der Waals surface area contributed by atoms with Crippen LogP contribution < -0.4 is 4.90 Å². The smallest absolute Gasteiger partial charge is 0.251 e. The van der Waals surface area contributed by atoms with Gasteiger partial charge in [-0.3, -0.25) is 14.5 Å². The number of hydrogen-bond donors (Lipinski definition) is 0. The Morgan fingerprint density at radius 1 is 1.03 bits per heavy atom. The van der Waals surface area contributed by atoms with Gasteiger partial charge >= 0.3 is 0 Å². The maximum Gasteiger partial charge on any atom is 0.251 e. The second-order valence-electron chi connectivity index (χ2n) is 8.41. The van der Waals surface area contributed by atoms with Gasteiger partial charge in [0.25, 0.3) is 5.91 Å². The van der Waals surface area contributed by atoms with Crippen LogP contribution in [0.2, 0.25) is 0 Å². The van der Waals surface area contributed by atoms with Crippen LogP contribution in [-0.2, 0) is 20.9 Å². The standard InChI is InChI=1S/C25H31N3O3/c1-20-7-5-10-22(17-20)28(18-21-8-3-2-4-9-21)24(29)19-26-12-14-27(15-13-26)25(30)23-11-6-16-31-23/h2-5,7-10,17,23H,6,11-16,18-19H2,1H3/t23-/m0/s1. The molecule has 4 rings (SSSR count). The van der Waals surface area contributed by atoms with Crippen molar-refractivity contribution in [2.45, 2.75) is 32.4 Å². The van der Waals surface area contributed by atoms with Crippen LogP contribution in [0.1, 0.15) is 24.0 Å². The van der Waals surface area contributed by atoms with E-state index in [2.05, 4.69) is 11.0 Å². The first kappa shape index (κ1) is 21.5. The van der Waals surface area contributed by atoms with Crippen molar-refractivity contribution >= 4 is 17.5 Å². The van der Waals surface area contributed by atoms with Gasteiger partial charge in [0.1, 0.15) is 6.10 Å². The van der Waals surface area contributed by atoms with Gasteiger partial charge in [-0.2, -0.15) is 0 Å². The lowest BCUT2D eigenvalue weighted by atomic mass is 10.1. The highest BCUT2D eigenvalue weighted by Crippen LogP contribution is 2.20. The molecule has 6 heteroatoms. The monoisotopic (exact) mass is 421 g/mol. The third-order valence-corrected chi connectivity index (χ3v) is 6.05. The second-order valence-corrected chi connectivity index (χ2v) is 8.41. The number of nitrogens with zero attached hydrogens (tertiary/aromatic N) is 3. The molecule has 2 aromatic rings. The average molecular weight is 422 g/mol. The SMILES string of the molecule is Cc1cccc(N(Cc2ccccc2)C(=O)CN2CCN(C(=O)[C@@H]3CCCO3)CC2)c1. The Labute approximate surface area is 184 Å². The minimum absolute atomic E-state index is 0.0772. The molecule has 6 nitrogen and oxygen atoms in total. The summed E-state index contributed by atoms with van der Waals surface area (Å²) in [5, 5.41) is 0. The van der Waals surface area contributed by atoms with Gasteiger partial charge in [-0.1, -0.05) is 42.5 Å². The normalized spacial score (nSPS) is 19.4. The summed E-state index contributed by atoms with van der Waals surface area (Å²) in [6, 6.07) is 18.2. The lowest BCUT2D eigenvalue weighted by molar-refractivity contribution is -0.142. The summed E-state index contributed by atoms with van der Waals surface area (Å²) in [6.07, 6.45) is 1.51. The number of amides is 2. The number of carbonyl (C=O) groups is 2. The molecule has 0 aliphatic carbocycles. The summed E-state index contributed by atoms with van der Waals surface area (Å²) in [7, 11) is 0. The highest BCUT2D eigenvalue weighted by Gasteiger charge is 2.31. The number of rotatable bonds is 6. The fourth-order valence-electron chi connectivity index (χ4n) is 4.26. The van der Waals surface area contributed by atoms with Gasteiger partial charge in [0, 0.05) is 38.5 Å². The molecule has 0 unspecified atom stereocenters. The predicted molar refractivity (Wildman–Crippen MR) is 121 cm³/mol. The zero-order chi connectivity index (χ0) is 21.6. The summed E-state index contributed by atoms with van der Waals surface area (Å²) in [6.45, 7) is 6.32. The number of piperazine rings is 1. The van der Waals surface area contributed by atoms with Crippen LogP contribution >= 0.6 is 0 Å². The largest absolute Gasteiger partial charge is 0.368 e. The quantitative estimate of drug-likeness (QED) is 0.720. The van der Waals surface area contributed by atoms with Crippen LogP contribution in [0.4, 0.5) is 5.69 Å². The molecule has 0 radical (unpaired) electrons. The van der Waals surface area contributed by atoms with Crippen molar-refractivity contribution in [3.05, 3.63) is 65.7 Å². The van der Waals surface area contributed by atoms with Gasteiger partial charge in [-0.25, -0.2) is 0 Å². The molecule has 2 aliphatic rings. The van der Waals surface area contributed by atoms with E-state index < -0.39 is 0 Å². The number of anilines is 1. The van der Waals surface area contributed by atoms with Crippen LogP contribution in [0, 0.1) is 6.92 Å². The minimum Gasteiger partial charge on any atom is -0.368 e. The molecule has 0 aromatic heterocycles. The highest BCUT2D eigenvalue weighted by atomic mass is 16.5. The Morgan fingerprint density at radius 2 is 1.81 bits per heavy atom. The number of ether oxygens (including phenoxy) is 1. The Kier molecular flexibility index (Phi) is 6.99. The molecule has 2 aliphatic heterocycles. The van der Waals surface area contributed by atoms with Gasteiger partial charge in [0.2, 0.25) is 5.91 Å². The Hall–Kier alpha value is -2.70.